The maximum atomic E-state index is 13.0. The summed E-state index contributed by atoms with van der Waals surface area (Å²) in [6.45, 7) is 9.55. The zero-order chi connectivity index (χ0) is 65.7. The zero-order valence-corrected chi connectivity index (χ0v) is 59.5. The van der Waals surface area contributed by atoms with Gasteiger partial charge in [0.1, 0.15) is 19.3 Å². The molecule has 0 amide bonds. The van der Waals surface area contributed by atoms with Gasteiger partial charge in [-0.05, 0) is 37.5 Å². The number of esters is 4. The summed E-state index contributed by atoms with van der Waals surface area (Å²) in [5, 5.41) is 10.6. The normalized spacial score (nSPS) is 14.4. The van der Waals surface area contributed by atoms with Crippen LogP contribution in [-0.4, -0.2) is 96.7 Å². The fraction of sp³-hybridized carbons (Fsp3) is 0.943. The number of phosphoric acid groups is 2. The van der Waals surface area contributed by atoms with Crippen molar-refractivity contribution in [2.45, 2.75) is 374 Å². The minimum atomic E-state index is -4.95. The predicted octanol–water partition coefficient (Wildman–Crippen LogP) is 20.0. The second-order valence-electron chi connectivity index (χ2n) is 26.0. The number of rotatable bonds is 69. The summed E-state index contributed by atoms with van der Waals surface area (Å²) in [7, 11) is -9.89. The van der Waals surface area contributed by atoms with Gasteiger partial charge < -0.3 is 33.8 Å². The summed E-state index contributed by atoms with van der Waals surface area (Å²) in [5.74, 6) is -0.511. The van der Waals surface area contributed by atoms with Crippen LogP contribution in [0.15, 0.2) is 0 Å². The molecule has 0 aromatic heterocycles. The quantitative estimate of drug-likeness (QED) is 0.0222. The summed E-state index contributed by atoms with van der Waals surface area (Å²) in [6.07, 6.45) is 47.3. The van der Waals surface area contributed by atoms with Gasteiger partial charge >= 0.3 is 39.5 Å². The van der Waals surface area contributed by atoms with E-state index >= 15 is 0 Å². The highest BCUT2D eigenvalue weighted by Crippen LogP contribution is 2.45. The Morgan fingerprint density at radius 3 is 0.854 bits per heavy atom. The van der Waals surface area contributed by atoms with Crippen LogP contribution < -0.4 is 0 Å². The van der Waals surface area contributed by atoms with Crippen LogP contribution in [0, 0.1) is 11.8 Å². The van der Waals surface area contributed by atoms with Gasteiger partial charge in [0.05, 0.1) is 26.4 Å². The third-order valence-electron chi connectivity index (χ3n) is 16.6. The van der Waals surface area contributed by atoms with E-state index in [9.17, 15) is 43.2 Å². The standard InChI is InChI=1S/C70H136O17P2/c1-7-10-12-14-16-34-40-46-52-67(72)80-58-65(86-69(74)54-48-42-35-17-15-13-11-8-2)60-84-88(76,77)82-56-64(71)57-83-89(78,79)85-61-66(59-81-68(73)53-47-41-36-30-27-26-29-33-39-45-51-63(6)9-3)87-70(75)55-49-43-37-31-25-23-21-19-18-20-22-24-28-32-38-44-50-62(4)5/h62-66,71H,7-61H2,1-6H3,(H,76,77)(H,78,79)/t63?,64-,65+,66+/m0/s1. The molecule has 0 bridgehead atoms. The fourth-order valence-corrected chi connectivity index (χ4v) is 12.1. The van der Waals surface area contributed by atoms with Crippen LogP contribution in [0.3, 0.4) is 0 Å². The van der Waals surface area contributed by atoms with E-state index in [4.69, 9.17) is 37.0 Å². The lowest BCUT2D eigenvalue weighted by atomic mass is 9.99. The summed E-state index contributed by atoms with van der Waals surface area (Å²) in [4.78, 5) is 72.3. The maximum Gasteiger partial charge on any atom is 0.472 e. The molecule has 3 N–H and O–H groups in total. The molecule has 0 radical (unpaired) electrons. The van der Waals surface area contributed by atoms with E-state index in [2.05, 4.69) is 41.5 Å². The first kappa shape index (κ1) is 87.1. The molecule has 19 heteroatoms. The van der Waals surface area contributed by atoms with E-state index in [0.29, 0.717) is 25.7 Å². The van der Waals surface area contributed by atoms with Crippen LogP contribution in [0.2, 0.25) is 0 Å². The molecule has 0 fully saturated rings. The van der Waals surface area contributed by atoms with E-state index < -0.39 is 97.5 Å². The molecule has 528 valence electrons. The van der Waals surface area contributed by atoms with Crippen LogP contribution in [0.4, 0.5) is 0 Å². The van der Waals surface area contributed by atoms with Crippen LogP contribution in [-0.2, 0) is 65.4 Å². The topological polar surface area (TPSA) is 237 Å². The molecule has 0 aromatic rings. The van der Waals surface area contributed by atoms with Crippen LogP contribution >= 0.6 is 15.6 Å². The second kappa shape index (κ2) is 62.2. The number of aliphatic hydroxyl groups is 1. The van der Waals surface area contributed by atoms with E-state index in [0.717, 1.165) is 115 Å². The molecule has 0 saturated heterocycles. The molecule has 17 nitrogen and oxygen atoms in total. The Labute approximate surface area is 543 Å². The lowest BCUT2D eigenvalue weighted by molar-refractivity contribution is -0.161. The van der Waals surface area contributed by atoms with Crippen LogP contribution in [0.1, 0.15) is 356 Å². The number of phosphoric ester groups is 2. The van der Waals surface area contributed by atoms with Gasteiger partial charge in [0.2, 0.25) is 0 Å². The number of carbonyl (C=O) groups excluding carboxylic acids is 4. The highest BCUT2D eigenvalue weighted by atomic mass is 31.2. The van der Waals surface area contributed by atoms with Gasteiger partial charge in [-0.15, -0.1) is 0 Å². The second-order valence-corrected chi connectivity index (χ2v) is 28.9. The third kappa shape index (κ3) is 63.2. The molecular formula is C70H136O17P2. The number of ether oxygens (including phenoxy) is 4. The van der Waals surface area contributed by atoms with E-state index in [1.54, 1.807) is 0 Å². The van der Waals surface area contributed by atoms with Crippen molar-refractivity contribution < 1.29 is 80.2 Å². The van der Waals surface area contributed by atoms with Crippen molar-refractivity contribution in [2.24, 2.45) is 11.8 Å². The van der Waals surface area contributed by atoms with Crippen molar-refractivity contribution in [1.29, 1.82) is 0 Å². The molecule has 0 heterocycles. The summed E-state index contributed by atoms with van der Waals surface area (Å²) >= 11 is 0. The van der Waals surface area contributed by atoms with Crippen molar-refractivity contribution in [1.82, 2.24) is 0 Å². The van der Waals surface area contributed by atoms with E-state index in [-0.39, 0.29) is 25.7 Å². The predicted molar refractivity (Wildman–Crippen MR) is 358 cm³/mol. The molecule has 0 aliphatic rings. The molecule has 0 spiro atoms. The Bertz CT molecular complexity index is 1740. The first-order valence-electron chi connectivity index (χ1n) is 36.5. The molecule has 0 saturated carbocycles. The van der Waals surface area contributed by atoms with E-state index in [1.165, 1.54) is 161 Å². The van der Waals surface area contributed by atoms with Gasteiger partial charge in [0.15, 0.2) is 12.2 Å². The molecule has 3 unspecified atom stereocenters. The molecule has 0 rings (SSSR count). The minimum absolute atomic E-state index is 0.105. The molecule has 0 aliphatic heterocycles. The highest BCUT2D eigenvalue weighted by Gasteiger charge is 2.30. The highest BCUT2D eigenvalue weighted by molar-refractivity contribution is 7.47. The average molecular weight is 1310 g/mol. The lowest BCUT2D eigenvalue weighted by Gasteiger charge is -2.21. The van der Waals surface area contributed by atoms with Crippen molar-refractivity contribution in [3.63, 3.8) is 0 Å². The van der Waals surface area contributed by atoms with Crippen molar-refractivity contribution >= 4 is 39.5 Å². The summed E-state index contributed by atoms with van der Waals surface area (Å²) in [5.41, 5.74) is 0. The Kier molecular flexibility index (Phi) is 60.8. The molecule has 0 aliphatic carbocycles. The summed E-state index contributed by atoms with van der Waals surface area (Å²) < 4.78 is 68.1. The maximum absolute atomic E-state index is 13.0. The average Bonchev–Trinajstić information content (AvgIpc) is 3.54. The fourth-order valence-electron chi connectivity index (χ4n) is 10.6. The van der Waals surface area contributed by atoms with Gasteiger partial charge in [0.25, 0.3) is 0 Å². The minimum Gasteiger partial charge on any atom is -0.462 e. The SMILES string of the molecule is CCCCCCCCCCC(=O)OC[C@H](COP(=O)(O)OC[C@H](O)COP(=O)(O)OC[C@@H](COC(=O)CCCCCCCCCCCCC(C)CC)OC(=O)CCCCCCCCCCCCCCCCCCC(C)C)OC(=O)CCCCCCCCCC. The van der Waals surface area contributed by atoms with Gasteiger partial charge in [-0.3, -0.25) is 37.3 Å². The number of hydrogen-bond donors (Lipinski definition) is 3. The lowest BCUT2D eigenvalue weighted by Crippen LogP contribution is -2.30. The third-order valence-corrected chi connectivity index (χ3v) is 18.5. The van der Waals surface area contributed by atoms with Gasteiger partial charge in [0, 0.05) is 25.7 Å². The summed E-state index contributed by atoms with van der Waals surface area (Å²) in [6, 6.07) is 0. The molecular weight excluding hydrogens is 1170 g/mol. The number of hydrogen-bond acceptors (Lipinski definition) is 15. The van der Waals surface area contributed by atoms with Gasteiger partial charge in [-0.25, -0.2) is 9.13 Å². The number of carbonyl (C=O) groups is 4. The number of unbranched alkanes of at least 4 members (excludes halogenated alkanes) is 38. The number of aliphatic hydroxyl groups excluding tert-OH is 1. The Balaban J connectivity index is 5.17. The van der Waals surface area contributed by atoms with Crippen molar-refractivity contribution in [2.75, 3.05) is 39.6 Å². The largest absolute Gasteiger partial charge is 0.472 e. The van der Waals surface area contributed by atoms with Crippen LogP contribution in [0.5, 0.6) is 0 Å². The van der Waals surface area contributed by atoms with Crippen molar-refractivity contribution in [3.8, 4) is 0 Å². The first-order chi connectivity index (χ1) is 42.9. The van der Waals surface area contributed by atoms with E-state index in [1.807, 2.05) is 0 Å². The van der Waals surface area contributed by atoms with Crippen molar-refractivity contribution in [3.05, 3.63) is 0 Å². The zero-order valence-electron chi connectivity index (χ0n) is 57.7. The van der Waals surface area contributed by atoms with Crippen LogP contribution in [0.25, 0.3) is 0 Å². The smallest absolute Gasteiger partial charge is 0.462 e. The monoisotopic (exact) mass is 1310 g/mol. The first-order valence-corrected chi connectivity index (χ1v) is 39.5. The molecule has 0 aromatic carbocycles. The van der Waals surface area contributed by atoms with Gasteiger partial charge in [-0.2, -0.15) is 0 Å². The molecule has 6 atom stereocenters. The Hall–Kier alpha value is -1.94. The Morgan fingerprint density at radius 1 is 0.326 bits per heavy atom. The Morgan fingerprint density at radius 2 is 0.573 bits per heavy atom. The molecule has 89 heavy (non-hydrogen) atoms. The van der Waals surface area contributed by atoms with Gasteiger partial charge in [-0.1, -0.05) is 305 Å².